The van der Waals surface area contributed by atoms with Gasteiger partial charge in [0.1, 0.15) is 0 Å². The molecule has 2 aromatic rings. The Hall–Kier alpha value is -2.17. The Bertz CT molecular complexity index is 816. The fourth-order valence-corrected chi connectivity index (χ4v) is 4.51. The van der Waals surface area contributed by atoms with Gasteiger partial charge >= 0.3 is 0 Å². The van der Waals surface area contributed by atoms with Crippen LogP contribution in [0.1, 0.15) is 40.2 Å². The highest BCUT2D eigenvalue weighted by molar-refractivity contribution is 5.99. The molecule has 0 atom stereocenters. The highest BCUT2D eigenvalue weighted by Crippen LogP contribution is 2.21. The summed E-state index contributed by atoms with van der Waals surface area (Å²) < 4.78 is 2.16. The van der Waals surface area contributed by atoms with Crippen molar-refractivity contribution in [3.05, 3.63) is 71.6 Å². The van der Waals surface area contributed by atoms with Gasteiger partial charge in [-0.25, -0.2) is 0 Å². The van der Waals surface area contributed by atoms with Crippen LogP contribution in [-0.4, -0.2) is 53.4 Å². The minimum Gasteiger partial charge on any atom is -0.345 e. The van der Waals surface area contributed by atoms with E-state index in [0.717, 1.165) is 49.7 Å². The van der Waals surface area contributed by atoms with Crippen LogP contribution < -0.4 is 0 Å². The molecule has 4 heteroatoms. The fraction of sp³-hybridized carbons (Fsp3) is 0.480. The second-order valence-electron chi connectivity index (χ2n) is 8.51. The molecule has 1 aliphatic rings. The van der Waals surface area contributed by atoms with Gasteiger partial charge in [-0.1, -0.05) is 36.4 Å². The summed E-state index contributed by atoms with van der Waals surface area (Å²) in [5, 5.41) is 0. The predicted octanol–water partition coefficient (Wildman–Crippen LogP) is 4.32. The van der Waals surface area contributed by atoms with Crippen LogP contribution in [-0.2, 0) is 13.1 Å². The molecule has 0 saturated carbocycles. The summed E-state index contributed by atoms with van der Waals surface area (Å²) in [5.74, 6) is 0.959. The third-order valence-electron chi connectivity index (χ3n) is 6.13. The summed E-state index contributed by atoms with van der Waals surface area (Å²) in [7, 11) is 2.21. The number of aromatic nitrogens is 1. The van der Waals surface area contributed by atoms with E-state index in [2.05, 4.69) is 65.2 Å². The van der Waals surface area contributed by atoms with E-state index < -0.39 is 0 Å². The molecule has 1 fully saturated rings. The summed E-state index contributed by atoms with van der Waals surface area (Å²) in [6.45, 7) is 13.4. The second kappa shape index (κ2) is 10.0. The van der Waals surface area contributed by atoms with Crippen LogP contribution >= 0.6 is 0 Å². The third kappa shape index (κ3) is 5.68. The molecular weight excluding hydrogens is 358 g/mol. The van der Waals surface area contributed by atoms with E-state index in [-0.39, 0.29) is 5.78 Å². The van der Waals surface area contributed by atoms with Gasteiger partial charge in [0.05, 0.1) is 6.54 Å². The van der Waals surface area contributed by atoms with Gasteiger partial charge in [-0.05, 0) is 64.4 Å². The molecule has 1 aliphatic heterocycles. The number of hydrogen-bond acceptors (Lipinski definition) is 3. The first kappa shape index (κ1) is 21.5. The Morgan fingerprint density at radius 1 is 1.21 bits per heavy atom. The first-order chi connectivity index (χ1) is 14.0. The number of Topliss-reactive ketones (excluding diaryl/α,β-unsaturated/α-hetero) is 1. The topological polar surface area (TPSA) is 28.5 Å². The summed E-state index contributed by atoms with van der Waals surface area (Å²) in [5.41, 5.74) is 4.43. The molecule has 3 rings (SSSR count). The zero-order valence-electron chi connectivity index (χ0n) is 18.2. The van der Waals surface area contributed by atoms with Gasteiger partial charge in [-0.2, -0.15) is 0 Å². The van der Waals surface area contributed by atoms with E-state index in [9.17, 15) is 4.79 Å². The number of allylic oxidation sites excluding steroid dienone is 1. The van der Waals surface area contributed by atoms with Gasteiger partial charge in [0.25, 0.3) is 0 Å². The molecule has 29 heavy (non-hydrogen) atoms. The van der Waals surface area contributed by atoms with Gasteiger partial charge in [-0.3, -0.25) is 9.69 Å². The average molecular weight is 394 g/mol. The lowest BCUT2D eigenvalue weighted by Gasteiger charge is -2.33. The van der Waals surface area contributed by atoms with E-state index in [1.807, 2.05) is 19.1 Å². The molecule has 0 bridgehead atoms. The SMILES string of the molecule is C=CCn1c(C)cc(C(=O)CN2CCC(CN(C)Cc3ccccc3)CC2)c1C. The number of rotatable bonds is 9. The van der Waals surface area contributed by atoms with Crippen LogP contribution in [0.25, 0.3) is 0 Å². The maximum Gasteiger partial charge on any atom is 0.178 e. The first-order valence-corrected chi connectivity index (χ1v) is 10.7. The number of carbonyl (C=O) groups excluding carboxylic acids is 1. The smallest absolute Gasteiger partial charge is 0.178 e. The zero-order valence-corrected chi connectivity index (χ0v) is 18.2. The Morgan fingerprint density at radius 2 is 1.90 bits per heavy atom. The van der Waals surface area contributed by atoms with Crippen LogP contribution in [0.5, 0.6) is 0 Å². The standard InChI is InChI=1S/C25H35N3O/c1-5-13-28-20(2)16-24(21(28)3)25(29)19-27-14-11-23(12-15-27)18-26(4)17-22-9-7-6-8-10-22/h5-10,16,23H,1,11-15,17-19H2,2-4H3. The first-order valence-electron chi connectivity index (χ1n) is 10.7. The van der Waals surface area contributed by atoms with Gasteiger partial charge in [0, 0.05) is 36.6 Å². The van der Waals surface area contributed by atoms with Crippen molar-refractivity contribution in [1.29, 1.82) is 0 Å². The van der Waals surface area contributed by atoms with Crippen molar-refractivity contribution in [3.63, 3.8) is 0 Å². The molecule has 1 aromatic heterocycles. The molecule has 0 unspecified atom stereocenters. The highest BCUT2D eigenvalue weighted by atomic mass is 16.1. The Kier molecular flexibility index (Phi) is 7.45. The molecule has 4 nitrogen and oxygen atoms in total. The van der Waals surface area contributed by atoms with Crippen molar-refractivity contribution in [3.8, 4) is 0 Å². The van der Waals surface area contributed by atoms with Crippen molar-refractivity contribution in [2.75, 3.05) is 33.2 Å². The van der Waals surface area contributed by atoms with E-state index in [1.54, 1.807) is 0 Å². The summed E-state index contributed by atoms with van der Waals surface area (Å²) in [4.78, 5) is 17.6. The number of benzene rings is 1. The van der Waals surface area contributed by atoms with Crippen LogP contribution in [0, 0.1) is 19.8 Å². The summed E-state index contributed by atoms with van der Waals surface area (Å²) >= 11 is 0. The highest BCUT2D eigenvalue weighted by Gasteiger charge is 2.23. The number of nitrogens with zero attached hydrogens (tertiary/aromatic N) is 3. The molecule has 0 spiro atoms. The third-order valence-corrected chi connectivity index (χ3v) is 6.13. The molecule has 0 radical (unpaired) electrons. The number of ketones is 1. The van der Waals surface area contributed by atoms with Crippen molar-refractivity contribution >= 4 is 5.78 Å². The van der Waals surface area contributed by atoms with Crippen molar-refractivity contribution in [2.45, 2.75) is 39.8 Å². The summed E-state index contributed by atoms with van der Waals surface area (Å²) in [6, 6.07) is 12.7. The van der Waals surface area contributed by atoms with Gasteiger partial charge in [0.2, 0.25) is 0 Å². The maximum atomic E-state index is 12.9. The maximum absolute atomic E-state index is 12.9. The lowest BCUT2D eigenvalue weighted by atomic mass is 9.95. The zero-order chi connectivity index (χ0) is 20.8. The number of piperidine rings is 1. The molecule has 0 aliphatic carbocycles. The van der Waals surface area contributed by atoms with Crippen molar-refractivity contribution < 1.29 is 4.79 Å². The number of aryl methyl sites for hydroxylation is 1. The number of hydrogen-bond donors (Lipinski definition) is 0. The lowest BCUT2D eigenvalue weighted by molar-refractivity contribution is 0.0880. The largest absolute Gasteiger partial charge is 0.345 e. The molecular formula is C25H35N3O. The quantitative estimate of drug-likeness (QED) is 0.469. The minimum atomic E-state index is 0.244. The monoisotopic (exact) mass is 393 g/mol. The number of carbonyl (C=O) groups is 1. The fourth-order valence-electron chi connectivity index (χ4n) is 4.51. The van der Waals surface area contributed by atoms with Crippen LogP contribution in [0.15, 0.2) is 49.1 Å². The Morgan fingerprint density at radius 3 is 2.55 bits per heavy atom. The second-order valence-corrected chi connectivity index (χ2v) is 8.51. The molecule has 0 amide bonds. The average Bonchev–Trinajstić information content (AvgIpc) is 2.99. The van der Waals surface area contributed by atoms with Crippen LogP contribution in [0.4, 0.5) is 0 Å². The van der Waals surface area contributed by atoms with Crippen molar-refractivity contribution in [2.24, 2.45) is 5.92 Å². The van der Waals surface area contributed by atoms with E-state index in [4.69, 9.17) is 0 Å². The van der Waals surface area contributed by atoms with E-state index in [1.165, 1.54) is 18.4 Å². The molecule has 1 saturated heterocycles. The molecule has 0 N–H and O–H groups in total. The Balaban J connectivity index is 1.46. The van der Waals surface area contributed by atoms with E-state index >= 15 is 0 Å². The van der Waals surface area contributed by atoms with Crippen LogP contribution in [0.2, 0.25) is 0 Å². The summed E-state index contributed by atoms with van der Waals surface area (Å²) in [6.07, 6.45) is 4.22. The lowest BCUT2D eigenvalue weighted by Crippen LogP contribution is -2.40. The van der Waals surface area contributed by atoms with E-state index in [0.29, 0.717) is 12.5 Å². The number of likely N-dealkylation sites (tertiary alicyclic amines) is 1. The van der Waals surface area contributed by atoms with Gasteiger partial charge in [-0.15, -0.1) is 6.58 Å². The Labute approximate surface area is 175 Å². The van der Waals surface area contributed by atoms with Gasteiger partial charge < -0.3 is 9.47 Å². The van der Waals surface area contributed by atoms with Gasteiger partial charge in [0.15, 0.2) is 5.78 Å². The molecule has 1 aromatic carbocycles. The molecule has 156 valence electrons. The predicted molar refractivity (Wildman–Crippen MR) is 120 cm³/mol. The van der Waals surface area contributed by atoms with Crippen LogP contribution in [0.3, 0.4) is 0 Å². The molecule has 2 heterocycles. The minimum absolute atomic E-state index is 0.244. The normalized spacial score (nSPS) is 15.7. The van der Waals surface area contributed by atoms with Crippen molar-refractivity contribution in [1.82, 2.24) is 14.4 Å².